The number of carbonyl (C=O) groups excluding carboxylic acids is 1. The van der Waals surface area contributed by atoms with Crippen LogP contribution >= 0.6 is 11.8 Å². The van der Waals surface area contributed by atoms with Crippen LogP contribution in [0, 0.1) is 11.3 Å². The minimum atomic E-state index is -0.689. The van der Waals surface area contributed by atoms with Gasteiger partial charge in [-0.15, -0.1) is 11.8 Å². The van der Waals surface area contributed by atoms with Crippen molar-refractivity contribution in [1.29, 1.82) is 5.26 Å². The standard InChI is InChI=1S/C16H19N3OS/c1-19-8-6-16(11-17,7-9-19)18-15(20)13-10-21-14-5-3-2-4-12(13)14/h2-5,13H,6-10H2,1H3,(H,18,20). The zero-order chi connectivity index (χ0) is 14.9. The van der Waals surface area contributed by atoms with E-state index in [-0.39, 0.29) is 11.8 Å². The first kappa shape index (κ1) is 14.4. The van der Waals surface area contributed by atoms with Crippen molar-refractivity contribution in [2.24, 2.45) is 0 Å². The molecule has 0 saturated carbocycles. The van der Waals surface area contributed by atoms with Gasteiger partial charge in [-0.05, 0) is 31.5 Å². The maximum absolute atomic E-state index is 12.6. The highest BCUT2D eigenvalue weighted by Crippen LogP contribution is 2.39. The van der Waals surface area contributed by atoms with Gasteiger partial charge in [0.2, 0.25) is 5.91 Å². The Morgan fingerprint density at radius 2 is 2.14 bits per heavy atom. The van der Waals surface area contributed by atoms with Gasteiger partial charge in [0.05, 0.1) is 12.0 Å². The highest BCUT2D eigenvalue weighted by atomic mass is 32.2. The number of fused-ring (bicyclic) bond motifs is 1. The van der Waals surface area contributed by atoms with Crippen LogP contribution in [0.1, 0.15) is 24.3 Å². The zero-order valence-electron chi connectivity index (χ0n) is 12.1. The molecule has 1 atom stereocenters. The smallest absolute Gasteiger partial charge is 0.229 e. The molecule has 1 fully saturated rings. The molecule has 1 unspecified atom stereocenters. The molecule has 2 aliphatic rings. The predicted molar refractivity (Wildman–Crippen MR) is 83.1 cm³/mol. The summed E-state index contributed by atoms with van der Waals surface area (Å²) in [5, 5.41) is 12.6. The summed E-state index contributed by atoms with van der Waals surface area (Å²) in [6, 6.07) is 10.4. The molecule has 1 N–H and O–H groups in total. The summed E-state index contributed by atoms with van der Waals surface area (Å²) >= 11 is 1.72. The van der Waals surface area contributed by atoms with Gasteiger partial charge in [0.25, 0.3) is 0 Å². The van der Waals surface area contributed by atoms with Crippen LogP contribution in [0.5, 0.6) is 0 Å². The quantitative estimate of drug-likeness (QED) is 0.907. The molecule has 0 radical (unpaired) electrons. The molecule has 0 spiro atoms. The highest BCUT2D eigenvalue weighted by Gasteiger charge is 2.38. The second-order valence-electron chi connectivity index (χ2n) is 5.89. The van der Waals surface area contributed by atoms with Crippen molar-refractivity contribution in [3.63, 3.8) is 0 Å². The number of amides is 1. The SMILES string of the molecule is CN1CCC(C#N)(NC(=O)C2CSc3ccccc32)CC1. The first-order valence-corrected chi connectivity index (χ1v) is 8.26. The van der Waals surface area contributed by atoms with Crippen molar-refractivity contribution in [3.05, 3.63) is 29.8 Å². The van der Waals surface area contributed by atoms with Gasteiger partial charge in [0.1, 0.15) is 5.54 Å². The van der Waals surface area contributed by atoms with Crippen LogP contribution in [-0.2, 0) is 4.79 Å². The first-order chi connectivity index (χ1) is 10.1. The molecule has 110 valence electrons. The van der Waals surface area contributed by atoms with Crippen molar-refractivity contribution in [1.82, 2.24) is 10.2 Å². The lowest BCUT2D eigenvalue weighted by atomic mass is 9.88. The van der Waals surface area contributed by atoms with Gasteiger partial charge in [-0.3, -0.25) is 4.79 Å². The normalized spacial score (nSPS) is 24.1. The number of piperidine rings is 1. The lowest BCUT2D eigenvalue weighted by Gasteiger charge is -2.36. The fourth-order valence-electron chi connectivity index (χ4n) is 2.97. The molecule has 2 heterocycles. The van der Waals surface area contributed by atoms with Crippen molar-refractivity contribution >= 4 is 17.7 Å². The van der Waals surface area contributed by atoms with E-state index < -0.39 is 5.54 Å². The van der Waals surface area contributed by atoms with Crippen LogP contribution in [0.4, 0.5) is 0 Å². The molecule has 0 bridgehead atoms. The number of benzene rings is 1. The van der Waals surface area contributed by atoms with Gasteiger partial charge in [0, 0.05) is 23.7 Å². The van der Waals surface area contributed by atoms with Crippen LogP contribution in [0.3, 0.4) is 0 Å². The Bertz CT molecular complexity index is 587. The van der Waals surface area contributed by atoms with Crippen LogP contribution < -0.4 is 5.32 Å². The predicted octanol–water partition coefficient (Wildman–Crippen LogP) is 1.98. The third-order valence-corrected chi connectivity index (χ3v) is 5.62. The van der Waals surface area contributed by atoms with Crippen molar-refractivity contribution in [3.8, 4) is 6.07 Å². The van der Waals surface area contributed by atoms with Crippen LogP contribution in [0.25, 0.3) is 0 Å². The van der Waals surface area contributed by atoms with Crippen molar-refractivity contribution in [2.45, 2.75) is 29.2 Å². The molecular formula is C16H19N3OS. The number of hydrogen-bond donors (Lipinski definition) is 1. The number of likely N-dealkylation sites (tertiary alicyclic amines) is 1. The van der Waals surface area contributed by atoms with Gasteiger partial charge in [0.15, 0.2) is 0 Å². The molecular weight excluding hydrogens is 282 g/mol. The number of rotatable bonds is 2. The van der Waals surface area contributed by atoms with E-state index in [2.05, 4.69) is 22.4 Å². The topological polar surface area (TPSA) is 56.1 Å². The van der Waals surface area contributed by atoms with Crippen LogP contribution in [-0.4, -0.2) is 42.2 Å². The number of nitriles is 1. The molecule has 0 aromatic heterocycles. The molecule has 1 aromatic rings. The van der Waals surface area contributed by atoms with Gasteiger partial charge < -0.3 is 10.2 Å². The summed E-state index contributed by atoms with van der Waals surface area (Å²) in [7, 11) is 2.05. The fraction of sp³-hybridized carbons (Fsp3) is 0.500. The second-order valence-corrected chi connectivity index (χ2v) is 6.95. The summed E-state index contributed by atoms with van der Waals surface area (Å²) in [5.74, 6) is 0.640. The summed E-state index contributed by atoms with van der Waals surface area (Å²) < 4.78 is 0. The van der Waals surface area contributed by atoms with E-state index in [0.29, 0.717) is 12.8 Å². The maximum atomic E-state index is 12.6. The number of hydrogen-bond acceptors (Lipinski definition) is 4. The zero-order valence-corrected chi connectivity index (χ0v) is 12.9. The second kappa shape index (κ2) is 5.70. The van der Waals surface area contributed by atoms with E-state index in [1.165, 1.54) is 4.90 Å². The molecule has 1 aromatic carbocycles. The van der Waals surface area contributed by atoms with Crippen molar-refractivity contribution < 1.29 is 4.79 Å². The van der Waals surface area contributed by atoms with E-state index in [1.54, 1.807) is 11.8 Å². The van der Waals surface area contributed by atoms with E-state index >= 15 is 0 Å². The Balaban J connectivity index is 1.74. The van der Waals surface area contributed by atoms with E-state index in [0.717, 1.165) is 24.4 Å². The summed E-state index contributed by atoms with van der Waals surface area (Å²) in [6.45, 7) is 1.70. The minimum Gasteiger partial charge on any atom is -0.337 e. The molecule has 1 amide bonds. The number of nitrogens with one attached hydrogen (secondary N) is 1. The monoisotopic (exact) mass is 301 g/mol. The van der Waals surface area contributed by atoms with Crippen LogP contribution in [0.15, 0.2) is 29.2 Å². The highest BCUT2D eigenvalue weighted by molar-refractivity contribution is 7.99. The van der Waals surface area contributed by atoms with Gasteiger partial charge in [-0.25, -0.2) is 0 Å². The Morgan fingerprint density at radius 3 is 2.86 bits per heavy atom. The number of nitrogens with zero attached hydrogens (tertiary/aromatic N) is 2. The number of thioether (sulfide) groups is 1. The molecule has 1 saturated heterocycles. The van der Waals surface area contributed by atoms with E-state index in [9.17, 15) is 10.1 Å². The third kappa shape index (κ3) is 2.78. The Kier molecular flexibility index (Phi) is 3.92. The Labute approximate surface area is 129 Å². The van der Waals surface area contributed by atoms with E-state index in [4.69, 9.17) is 0 Å². The third-order valence-electron chi connectivity index (χ3n) is 4.43. The average Bonchev–Trinajstić information content (AvgIpc) is 2.94. The molecule has 21 heavy (non-hydrogen) atoms. The Hall–Kier alpha value is -1.51. The van der Waals surface area contributed by atoms with Gasteiger partial charge in [-0.2, -0.15) is 5.26 Å². The van der Waals surface area contributed by atoms with E-state index in [1.807, 2.05) is 25.2 Å². The van der Waals surface area contributed by atoms with Crippen LogP contribution in [0.2, 0.25) is 0 Å². The maximum Gasteiger partial charge on any atom is 0.229 e. The fourth-order valence-corrected chi connectivity index (χ4v) is 4.20. The van der Waals surface area contributed by atoms with Gasteiger partial charge >= 0.3 is 0 Å². The molecule has 2 aliphatic heterocycles. The molecule has 4 nitrogen and oxygen atoms in total. The number of carbonyl (C=O) groups is 1. The van der Waals surface area contributed by atoms with Gasteiger partial charge in [-0.1, -0.05) is 18.2 Å². The lowest BCUT2D eigenvalue weighted by molar-refractivity contribution is -0.123. The molecule has 3 rings (SSSR count). The summed E-state index contributed by atoms with van der Waals surface area (Å²) in [5.41, 5.74) is 0.409. The Morgan fingerprint density at radius 1 is 1.43 bits per heavy atom. The molecule has 0 aliphatic carbocycles. The summed E-state index contributed by atoms with van der Waals surface area (Å²) in [6.07, 6.45) is 1.40. The minimum absolute atomic E-state index is 0.00134. The first-order valence-electron chi connectivity index (χ1n) is 7.27. The largest absolute Gasteiger partial charge is 0.337 e. The lowest BCUT2D eigenvalue weighted by Crippen LogP contribution is -2.54. The average molecular weight is 301 g/mol. The summed E-state index contributed by atoms with van der Waals surface area (Å²) in [4.78, 5) is 16.0. The molecule has 5 heteroatoms. The van der Waals surface area contributed by atoms with Crippen molar-refractivity contribution in [2.75, 3.05) is 25.9 Å².